The Morgan fingerprint density at radius 2 is 2.05 bits per heavy atom. The number of anilines is 2. The van der Waals surface area contributed by atoms with Crippen molar-refractivity contribution < 1.29 is 4.74 Å². The summed E-state index contributed by atoms with van der Waals surface area (Å²) in [6.07, 6.45) is 3.61. The third-order valence-corrected chi connectivity index (χ3v) is 4.25. The molecule has 2 aliphatic rings. The van der Waals surface area contributed by atoms with E-state index in [1.54, 1.807) is 0 Å². The van der Waals surface area contributed by atoms with Crippen LogP contribution >= 0.6 is 0 Å². The molecule has 2 saturated heterocycles. The molecular formula is C17H19N3O. The van der Waals surface area contributed by atoms with Crippen molar-refractivity contribution in [1.29, 1.82) is 0 Å². The van der Waals surface area contributed by atoms with Crippen molar-refractivity contribution in [2.24, 2.45) is 0 Å². The van der Waals surface area contributed by atoms with Crippen molar-refractivity contribution in [3.05, 3.63) is 53.7 Å². The molecule has 0 amide bonds. The smallest absolute Gasteiger partial charge is 0.130 e. The van der Waals surface area contributed by atoms with E-state index >= 15 is 0 Å². The van der Waals surface area contributed by atoms with Crippen molar-refractivity contribution in [2.75, 3.05) is 11.9 Å². The van der Waals surface area contributed by atoms with Crippen molar-refractivity contribution in [2.45, 2.75) is 31.6 Å². The van der Waals surface area contributed by atoms with Crippen molar-refractivity contribution in [3.63, 3.8) is 0 Å². The summed E-state index contributed by atoms with van der Waals surface area (Å²) in [6.45, 7) is 3.04. The van der Waals surface area contributed by atoms with Crippen LogP contribution < -0.4 is 10.6 Å². The fourth-order valence-electron chi connectivity index (χ4n) is 3.13. The number of pyridine rings is 1. The quantitative estimate of drug-likeness (QED) is 0.908. The van der Waals surface area contributed by atoms with Gasteiger partial charge in [0.2, 0.25) is 0 Å². The molecule has 108 valence electrons. The van der Waals surface area contributed by atoms with Gasteiger partial charge < -0.3 is 15.4 Å². The van der Waals surface area contributed by atoms with E-state index in [2.05, 4.69) is 45.9 Å². The first-order chi connectivity index (χ1) is 10.3. The van der Waals surface area contributed by atoms with Crippen LogP contribution in [0.25, 0.3) is 0 Å². The van der Waals surface area contributed by atoms with Gasteiger partial charge in [-0.25, -0.2) is 4.98 Å². The van der Waals surface area contributed by atoms with Gasteiger partial charge in [-0.1, -0.05) is 18.2 Å². The first-order valence-corrected chi connectivity index (χ1v) is 7.46. The summed E-state index contributed by atoms with van der Waals surface area (Å²) in [5.74, 6) is 0.867. The standard InChI is InChI=1S/C17H19N3O/c1-11-2-7-16(19-9-11)20-13-5-3-12(4-6-13)17-15-8-14(21-17)10-18-15/h2-7,9,14-15,17-18H,8,10H2,1H3,(H,19,20)/t14-,15-,17+/m1/s1. The maximum atomic E-state index is 6.02. The molecule has 2 fully saturated rings. The average molecular weight is 281 g/mol. The lowest BCUT2D eigenvalue weighted by Gasteiger charge is -2.23. The Bertz CT molecular complexity index is 623. The van der Waals surface area contributed by atoms with Crippen molar-refractivity contribution >= 4 is 11.5 Å². The highest BCUT2D eigenvalue weighted by Gasteiger charge is 2.41. The number of benzene rings is 1. The van der Waals surface area contributed by atoms with Crippen LogP contribution in [0.2, 0.25) is 0 Å². The molecule has 2 N–H and O–H groups in total. The lowest BCUT2D eigenvalue weighted by atomic mass is 10.0. The Morgan fingerprint density at radius 1 is 1.19 bits per heavy atom. The Balaban J connectivity index is 1.47. The van der Waals surface area contributed by atoms with Crippen LogP contribution in [0, 0.1) is 6.92 Å². The molecule has 4 nitrogen and oxygen atoms in total. The third-order valence-electron chi connectivity index (χ3n) is 4.25. The van der Waals surface area contributed by atoms with Crippen LogP contribution in [0.15, 0.2) is 42.6 Å². The zero-order valence-corrected chi connectivity index (χ0v) is 12.0. The van der Waals surface area contributed by atoms with Crippen LogP contribution in [0.3, 0.4) is 0 Å². The predicted molar refractivity (Wildman–Crippen MR) is 82.7 cm³/mol. The Kier molecular flexibility index (Phi) is 3.13. The number of aromatic nitrogens is 1. The molecule has 2 aromatic rings. The first kappa shape index (κ1) is 12.8. The molecule has 1 aromatic carbocycles. The van der Waals surface area contributed by atoms with E-state index in [1.807, 2.05) is 19.2 Å². The number of hydrogen-bond acceptors (Lipinski definition) is 4. The zero-order valence-electron chi connectivity index (χ0n) is 12.0. The van der Waals surface area contributed by atoms with Gasteiger partial charge in [-0.15, -0.1) is 0 Å². The van der Waals surface area contributed by atoms with E-state index in [9.17, 15) is 0 Å². The summed E-state index contributed by atoms with van der Waals surface area (Å²) < 4.78 is 6.02. The third kappa shape index (κ3) is 2.52. The number of nitrogens with one attached hydrogen (secondary N) is 2. The minimum Gasteiger partial charge on any atom is -0.367 e. The highest BCUT2D eigenvalue weighted by atomic mass is 16.5. The lowest BCUT2D eigenvalue weighted by Crippen LogP contribution is -2.33. The molecule has 3 heterocycles. The van der Waals surface area contributed by atoms with Crippen LogP contribution in [0.5, 0.6) is 0 Å². The summed E-state index contributed by atoms with van der Waals surface area (Å²) in [5, 5.41) is 6.83. The second kappa shape index (κ2) is 5.13. The van der Waals surface area contributed by atoms with Gasteiger partial charge in [0.05, 0.1) is 12.2 Å². The molecular weight excluding hydrogens is 262 g/mol. The summed E-state index contributed by atoms with van der Waals surface area (Å²) in [7, 11) is 0. The Morgan fingerprint density at radius 3 is 2.67 bits per heavy atom. The van der Waals surface area contributed by atoms with Gasteiger partial charge in [0.25, 0.3) is 0 Å². The molecule has 21 heavy (non-hydrogen) atoms. The summed E-state index contributed by atoms with van der Waals surface area (Å²) in [4.78, 5) is 4.36. The SMILES string of the molecule is Cc1ccc(Nc2ccc([C@@H]3O[C@H]4CN[C@@H]3C4)cc2)nc1. The first-order valence-electron chi connectivity index (χ1n) is 7.46. The van der Waals surface area contributed by atoms with E-state index < -0.39 is 0 Å². The molecule has 1 aromatic heterocycles. The summed E-state index contributed by atoms with van der Waals surface area (Å²) in [6, 6.07) is 13.0. The molecule has 0 saturated carbocycles. The van der Waals surface area contributed by atoms with E-state index in [1.165, 1.54) is 5.56 Å². The number of morpholine rings is 1. The van der Waals surface area contributed by atoms with Crippen LogP contribution in [0.4, 0.5) is 11.5 Å². The number of hydrogen-bond donors (Lipinski definition) is 2. The van der Waals surface area contributed by atoms with Gasteiger partial charge >= 0.3 is 0 Å². The molecule has 0 radical (unpaired) electrons. The number of ether oxygens (including phenoxy) is 1. The van der Waals surface area contributed by atoms with Gasteiger partial charge in [-0.05, 0) is 42.7 Å². The van der Waals surface area contributed by atoms with Crippen LogP contribution in [0.1, 0.15) is 23.7 Å². The molecule has 2 aliphatic heterocycles. The van der Waals surface area contributed by atoms with Crippen molar-refractivity contribution in [1.82, 2.24) is 10.3 Å². The van der Waals surface area contributed by atoms with E-state index in [0.717, 1.165) is 30.0 Å². The largest absolute Gasteiger partial charge is 0.367 e. The van der Waals surface area contributed by atoms with Crippen molar-refractivity contribution in [3.8, 4) is 0 Å². The fourth-order valence-corrected chi connectivity index (χ4v) is 3.13. The monoisotopic (exact) mass is 281 g/mol. The Labute approximate surface area is 124 Å². The summed E-state index contributed by atoms with van der Waals surface area (Å²) >= 11 is 0. The number of nitrogens with zero attached hydrogens (tertiary/aromatic N) is 1. The van der Waals surface area contributed by atoms with Gasteiger partial charge in [0, 0.05) is 24.5 Å². The highest BCUT2D eigenvalue weighted by molar-refractivity contribution is 5.56. The van der Waals surface area contributed by atoms with E-state index in [0.29, 0.717) is 12.1 Å². The molecule has 0 aliphatic carbocycles. The van der Waals surface area contributed by atoms with Gasteiger partial charge in [-0.3, -0.25) is 0 Å². The fraction of sp³-hybridized carbons (Fsp3) is 0.353. The van der Waals surface area contributed by atoms with Gasteiger partial charge in [-0.2, -0.15) is 0 Å². The number of rotatable bonds is 3. The molecule has 3 atom stereocenters. The minimum atomic E-state index is 0.204. The molecule has 2 bridgehead atoms. The highest BCUT2D eigenvalue weighted by Crippen LogP contribution is 2.37. The van der Waals surface area contributed by atoms with Crippen LogP contribution in [-0.4, -0.2) is 23.7 Å². The zero-order chi connectivity index (χ0) is 14.2. The number of aryl methyl sites for hydroxylation is 1. The molecule has 0 unspecified atom stereocenters. The second-order valence-electron chi connectivity index (χ2n) is 5.90. The van der Waals surface area contributed by atoms with Crippen LogP contribution in [-0.2, 0) is 4.74 Å². The number of fused-ring (bicyclic) bond motifs is 2. The lowest BCUT2D eigenvalue weighted by molar-refractivity contribution is 0.0160. The van der Waals surface area contributed by atoms with E-state index in [-0.39, 0.29) is 6.10 Å². The minimum absolute atomic E-state index is 0.204. The summed E-state index contributed by atoms with van der Waals surface area (Å²) in [5.41, 5.74) is 3.46. The molecule has 0 spiro atoms. The predicted octanol–water partition coefficient (Wildman–Crippen LogP) is 2.94. The second-order valence-corrected chi connectivity index (χ2v) is 5.90. The maximum Gasteiger partial charge on any atom is 0.130 e. The van der Waals surface area contributed by atoms with Gasteiger partial charge in [0.15, 0.2) is 0 Å². The Hall–Kier alpha value is -1.91. The van der Waals surface area contributed by atoms with E-state index in [4.69, 9.17) is 4.74 Å². The van der Waals surface area contributed by atoms with Gasteiger partial charge in [0.1, 0.15) is 5.82 Å². The normalized spacial score (nSPS) is 27.0. The average Bonchev–Trinajstić information content (AvgIpc) is 3.13. The molecule has 4 heteroatoms. The molecule has 4 rings (SSSR count). The maximum absolute atomic E-state index is 6.02. The topological polar surface area (TPSA) is 46.2 Å².